The summed E-state index contributed by atoms with van der Waals surface area (Å²) in [5.74, 6) is 0.167. The van der Waals surface area contributed by atoms with E-state index in [0.29, 0.717) is 47.5 Å². The molecule has 1 aromatic heterocycles. The molecule has 2 aliphatic rings. The minimum atomic E-state index is -0.797. The fourth-order valence-electron chi connectivity index (χ4n) is 6.23. The van der Waals surface area contributed by atoms with Gasteiger partial charge in [0.15, 0.2) is 0 Å². The lowest BCUT2D eigenvalue weighted by Crippen LogP contribution is -2.59. The maximum absolute atomic E-state index is 13.9. The second kappa shape index (κ2) is 17.2. The van der Waals surface area contributed by atoms with Crippen molar-refractivity contribution < 1.29 is 19.1 Å². The van der Waals surface area contributed by atoms with Gasteiger partial charge >= 0.3 is 0 Å². The van der Waals surface area contributed by atoms with E-state index in [1.54, 1.807) is 31.0 Å². The van der Waals surface area contributed by atoms with Crippen molar-refractivity contribution in [2.24, 2.45) is 5.41 Å². The first-order chi connectivity index (χ1) is 22.5. The third-order valence-corrected chi connectivity index (χ3v) is 9.13. The number of likely N-dealkylation sites (N-methyl/N-ethyl adjacent to an activating group) is 1. The Morgan fingerprint density at radius 1 is 0.959 bits per heavy atom. The number of nitrogens with zero attached hydrogens (tertiary/aromatic N) is 4. The Morgan fingerprint density at radius 2 is 1.65 bits per heavy atom. The average Bonchev–Trinajstić information content (AvgIpc) is 3.57. The largest absolute Gasteiger partial charge is 0.494 e. The summed E-state index contributed by atoms with van der Waals surface area (Å²) in [6.45, 7) is 10.0. The van der Waals surface area contributed by atoms with E-state index < -0.39 is 23.5 Å². The molecule has 0 unspecified atom stereocenters. The fraction of sp³-hybridized carbons (Fsp3) is 0.514. The zero-order valence-corrected chi connectivity index (χ0v) is 30.8. The Balaban J connectivity index is 0.00000325. The maximum Gasteiger partial charge on any atom is 0.247 e. The van der Waals surface area contributed by atoms with Crippen LogP contribution in [-0.4, -0.2) is 84.5 Å². The lowest BCUT2D eigenvalue weighted by Gasteiger charge is -2.36. The molecule has 3 aromatic rings. The first-order valence-corrected chi connectivity index (χ1v) is 16.5. The number of anilines is 4. The van der Waals surface area contributed by atoms with Gasteiger partial charge in [-0.05, 0) is 81.8 Å². The molecule has 2 aromatic carbocycles. The molecule has 0 spiro atoms. The molecule has 0 saturated carbocycles. The van der Waals surface area contributed by atoms with Gasteiger partial charge in [-0.25, -0.2) is 9.97 Å². The summed E-state index contributed by atoms with van der Waals surface area (Å²) in [6, 6.07) is 9.94. The van der Waals surface area contributed by atoms with Gasteiger partial charge in [0.1, 0.15) is 30.0 Å². The first kappa shape index (κ1) is 39.6. The molecule has 5 rings (SSSR count). The second-order valence-corrected chi connectivity index (χ2v) is 13.5. The highest BCUT2D eigenvalue weighted by Crippen LogP contribution is 2.34. The molecule has 49 heavy (non-hydrogen) atoms. The van der Waals surface area contributed by atoms with Gasteiger partial charge < -0.3 is 35.8 Å². The molecule has 14 heteroatoms. The highest BCUT2D eigenvalue weighted by Gasteiger charge is 2.42. The summed E-state index contributed by atoms with van der Waals surface area (Å²) in [7, 11) is 3.23. The normalized spacial score (nSPS) is 17.3. The van der Waals surface area contributed by atoms with Crippen molar-refractivity contribution in [1.29, 1.82) is 0 Å². The Bertz CT molecular complexity index is 1590. The quantitative estimate of drug-likeness (QED) is 0.221. The van der Waals surface area contributed by atoms with Gasteiger partial charge in [0.25, 0.3) is 0 Å². The third kappa shape index (κ3) is 9.23. The number of rotatable bonds is 10. The molecule has 2 aliphatic heterocycles. The Hall–Kier alpha value is -3.87. The van der Waals surface area contributed by atoms with E-state index in [0.717, 1.165) is 18.8 Å². The number of carbonyl (C=O) groups excluding carboxylic acids is 3. The van der Waals surface area contributed by atoms with E-state index in [1.165, 1.54) is 38.4 Å². The van der Waals surface area contributed by atoms with E-state index >= 15 is 0 Å². The van der Waals surface area contributed by atoms with Gasteiger partial charge in [0, 0.05) is 42.5 Å². The van der Waals surface area contributed by atoms with Gasteiger partial charge in [-0.3, -0.25) is 14.4 Å². The van der Waals surface area contributed by atoms with Gasteiger partial charge in [0.2, 0.25) is 17.7 Å². The van der Waals surface area contributed by atoms with E-state index in [9.17, 15) is 14.4 Å². The number of benzene rings is 2. The monoisotopic (exact) mass is 716 g/mol. The van der Waals surface area contributed by atoms with Crippen molar-refractivity contribution in [1.82, 2.24) is 25.5 Å². The van der Waals surface area contributed by atoms with Crippen molar-refractivity contribution in [2.45, 2.75) is 77.9 Å². The fourth-order valence-corrected chi connectivity index (χ4v) is 6.23. The standard InChI is InChI=1S/C35H48N8O4.2ClH/c1-22(36-5)32(44)41-30(35(2,3)4)34(46)43-18-10-11-28(43)33(45)40-27-19-25-26(20-29(27)47-6)37-21-38-31(25)39-23-12-14-24(15-13-23)42-16-8-7-9-17-42;;/h12-15,19-22,28,30,36H,7-11,16-18H2,1-6H3,(H,40,45)(H,41,44)(H,37,38,39);2*1H/t22-,28-,30+;;/m0../s1. The topological polar surface area (TPSA) is 141 Å². The van der Waals surface area contributed by atoms with Crippen molar-refractivity contribution >= 4 is 76.3 Å². The number of hydrogen-bond acceptors (Lipinski definition) is 9. The first-order valence-electron chi connectivity index (χ1n) is 16.5. The number of likely N-dealkylation sites (tertiary alicyclic amines) is 1. The van der Waals surface area contributed by atoms with Gasteiger partial charge in [-0.1, -0.05) is 20.8 Å². The van der Waals surface area contributed by atoms with Crippen LogP contribution < -0.4 is 30.9 Å². The predicted octanol–water partition coefficient (Wildman–Crippen LogP) is 5.28. The highest BCUT2D eigenvalue weighted by molar-refractivity contribution is 6.03. The number of fused-ring (bicyclic) bond motifs is 1. The molecule has 0 aliphatic carbocycles. The van der Waals surface area contributed by atoms with E-state index in [2.05, 4.69) is 48.3 Å². The summed E-state index contributed by atoms with van der Waals surface area (Å²) < 4.78 is 5.65. The van der Waals surface area contributed by atoms with Crippen LogP contribution in [0.2, 0.25) is 0 Å². The van der Waals surface area contributed by atoms with Crippen molar-refractivity contribution in [3.8, 4) is 5.75 Å². The van der Waals surface area contributed by atoms with Gasteiger partial charge in [-0.15, -0.1) is 24.8 Å². The smallest absolute Gasteiger partial charge is 0.247 e. The van der Waals surface area contributed by atoms with Crippen LogP contribution in [-0.2, 0) is 14.4 Å². The average molecular weight is 718 g/mol. The Morgan fingerprint density at radius 3 is 2.29 bits per heavy atom. The van der Waals surface area contributed by atoms with Crippen LogP contribution in [0.1, 0.15) is 59.8 Å². The Kier molecular flexibility index (Phi) is 13.9. The zero-order chi connectivity index (χ0) is 33.7. The summed E-state index contributed by atoms with van der Waals surface area (Å²) in [6.07, 6.45) is 6.40. The van der Waals surface area contributed by atoms with Gasteiger partial charge in [0.05, 0.1) is 24.4 Å². The van der Waals surface area contributed by atoms with E-state index in [1.807, 2.05) is 32.9 Å². The lowest BCUT2D eigenvalue weighted by atomic mass is 9.85. The second-order valence-electron chi connectivity index (χ2n) is 13.5. The van der Waals surface area contributed by atoms with Crippen LogP contribution in [0.5, 0.6) is 5.75 Å². The van der Waals surface area contributed by atoms with Crippen LogP contribution in [0.25, 0.3) is 10.9 Å². The van der Waals surface area contributed by atoms with Crippen molar-refractivity contribution in [2.75, 3.05) is 49.3 Å². The number of ether oxygens (including phenoxy) is 1. The minimum absolute atomic E-state index is 0. The van der Waals surface area contributed by atoms with E-state index in [-0.39, 0.29) is 42.5 Å². The molecular formula is C35H50Cl2N8O4. The summed E-state index contributed by atoms with van der Waals surface area (Å²) in [5, 5.41) is 13.0. The van der Waals surface area contributed by atoms with Crippen LogP contribution in [0.15, 0.2) is 42.7 Å². The molecule has 2 saturated heterocycles. The molecule has 2 fully saturated rings. The van der Waals surface area contributed by atoms with Crippen LogP contribution in [0.4, 0.5) is 22.9 Å². The molecular weight excluding hydrogens is 667 g/mol. The molecule has 3 amide bonds. The number of nitrogens with one attached hydrogen (secondary N) is 4. The number of halogens is 2. The molecule has 0 radical (unpaired) electrons. The Labute approximate surface area is 301 Å². The number of amides is 3. The number of methoxy groups -OCH3 is 1. The van der Waals surface area contributed by atoms with Crippen molar-refractivity contribution in [3.63, 3.8) is 0 Å². The summed E-state index contributed by atoms with van der Waals surface area (Å²) >= 11 is 0. The van der Waals surface area contributed by atoms with Crippen LogP contribution in [0, 0.1) is 5.41 Å². The lowest BCUT2D eigenvalue weighted by molar-refractivity contribution is -0.143. The summed E-state index contributed by atoms with van der Waals surface area (Å²) in [4.78, 5) is 53.4. The minimum Gasteiger partial charge on any atom is -0.494 e. The van der Waals surface area contributed by atoms with Crippen molar-refractivity contribution in [3.05, 3.63) is 42.7 Å². The number of aromatic nitrogens is 2. The molecule has 268 valence electrons. The third-order valence-electron chi connectivity index (χ3n) is 9.13. The molecule has 3 atom stereocenters. The molecule has 0 bridgehead atoms. The zero-order valence-electron chi connectivity index (χ0n) is 29.2. The van der Waals surface area contributed by atoms with Crippen LogP contribution >= 0.6 is 24.8 Å². The van der Waals surface area contributed by atoms with Gasteiger partial charge in [-0.2, -0.15) is 0 Å². The number of carbonyl (C=O) groups is 3. The SMILES string of the molecule is CN[C@@H](C)C(=O)N[C@H](C(=O)N1CCC[C@H]1C(=O)Nc1cc2c(Nc3ccc(N4CCCCC4)cc3)ncnc2cc1OC)C(C)(C)C.Cl.Cl. The molecule has 3 heterocycles. The van der Waals surface area contributed by atoms with E-state index in [4.69, 9.17) is 4.74 Å². The highest BCUT2D eigenvalue weighted by atomic mass is 35.5. The maximum atomic E-state index is 13.9. The molecule has 4 N–H and O–H groups in total. The molecule has 12 nitrogen and oxygen atoms in total. The predicted molar refractivity (Wildman–Crippen MR) is 200 cm³/mol. The summed E-state index contributed by atoms with van der Waals surface area (Å²) in [5.41, 5.74) is 2.63. The van der Waals surface area contributed by atoms with Crippen LogP contribution in [0.3, 0.4) is 0 Å². The number of hydrogen-bond donors (Lipinski definition) is 4. The number of piperidine rings is 1.